The van der Waals surface area contributed by atoms with E-state index in [4.69, 9.17) is 46.5 Å². The summed E-state index contributed by atoms with van der Waals surface area (Å²) in [5, 5.41) is 4.53. The second kappa shape index (κ2) is 63.1. The Morgan fingerprint density at radius 3 is 0.886 bits per heavy atom. The smallest absolute Gasteiger partial charge is 0.0141 e. The van der Waals surface area contributed by atoms with Gasteiger partial charge in [-0.3, -0.25) is 0 Å². The predicted molar refractivity (Wildman–Crippen MR) is 139 cm³/mol. The summed E-state index contributed by atoms with van der Waals surface area (Å²) in [5.74, 6) is 2.51. The molecule has 0 radical (unpaired) electrons. The molecule has 0 aliphatic heterocycles. The second-order valence-electron chi connectivity index (χ2n) is 5.21. The molecule has 2 unspecified atom stereocenters. The van der Waals surface area contributed by atoms with Gasteiger partial charge in [0.05, 0.1) is 0 Å². The quantitative estimate of drug-likeness (QED) is 0.152. The molecule has 0 saturated carbocycles. The van der Waals surface area contributed by atoms with Crippen molar-refractivity contribution in [2.24, 2.45) is 0 Å². The van der Waals surface area contributed by atoms with E-state index in [0.29, 0.717) is 0 Å². The van der Waals surface area contributed by atoms with Gasteiger partial charge in [0.2, 0.25) is 0 Å². The van der Waals surface area contributed by atoms with Crippen molar-refractivity contribution in [1.82, 2.24) is 0 Å². The summed E-state index contributed by atoms with van der Waals surface area (Å²) in [6, 6.07) is 32.8. The maximum absolute atomic E-state index is 7.50. The van der Waals surface area contributed by atoms with Gasteiger partial charge in [-0.05, 0) is 11.4 Å². The third-order valence-corrected chi connectivity index (χ3v) is 11.0. The molecule has 0 aliphatic rings. The molecule has 0 amide bonds. The largest absolute Gasteiger partial charge is 0.0669 e. The fraction of sp³-hybridized carbons (Fsp3) is 0. The molecule has 1 heterocycles. The minimum Gasteiger partial charge on any atom is -0.0669 e. The standard InChI is InChI=1S/C20H16P2.10CO.2W/c1-4-10-17(11-5-1)20-16-21(18-12-6-2-7-13-18)22(20)19-14-8-3-9-15-19;10*1-2;;/h1-16H;;;;;;;;;;;;. The van der Waals surface area contributed by atoms with Gasteiger partial charge in [0.25, 0.3) is 0 Å². The van der Waals surface area contributed by atoms with Crippen LogP contribution in [-0.2, 0) is 88.7 Å². The zero-order valence-corrected chi connectivity index (χ0v) is 29.7. The average molecular weight is 966 g/mol. The Balaban J connectivity index is -0.0000000687. The molecule has 0 saturated heterocycles. The molecule has 4 rings (SSSR count). The van der Waals surface area contributed by atoms with E-state index in [2.05, 4.69) is 163 Å². The van der Waals surface area contributed by atoms with Gasteiger partial charge >= 0.3 is 113 Å². The fourth-order valence-electron chi connectivity index (χ4n) is 2.70. The molecular formula is C30H16O10P2W2. The summed E-state index contributed by atoms with van der Waals surface area (Å²) in [4.78, 5) is 0. The number of benzene rings is 3. The van der Waals surface area contributed by atoms with Crippen LogP contribution in [0.5, 0.6) is 0 Å². The van der Waals surface area contributed by atoms with E-state index >= 15 is 0 Å². The van der Waals surface area contributed by atoms with E-state index in [-0.39, 0.29) is 56.6 Å². The van der Waals surface area contributed by atoms with Crippen molar-refractivity contribution in [2.45, 2.75) is 0 Å². The first-order valence-electron chi connectivity index (χ1n) is 9.44. The minimum absolute atomic E-state index is 0. The van der Waals surface area contributed by atoms with E-state index in [1.54, 1.807) is 0 Å². The van der Waals surface area contributed by atoms with Gasteiger partial charge in [-0.15, -0.1) is 0 Å². The van der Waals surface area contributed by atoms with Crippen molar-refractivity contribution in [1.29, 1.82) is 0 Å². The van der Waals surface area contributed by atoms with Crippen LogP contribution in [0.25, 0.3) is 21.5 Å². The topological polar surface area (TPSA) is 199 Å². The van der Waals surface area contributed by atoms with Crippen molar-refractivity contribution in [2.75, 3.05) is 0 Å². The molecule has 44 heavy (non-hydrogen) atoms. The molecule has 218 valence electrons. The van der Waals surface area contributed by atoms with Crippen LogP contribution in [0.1, 0.15) is 0 Å². The van der Waals surface area contributed by atoms with Gasteiger partial charge in [-0.1, -0.05) is 105 Å². The Hall–Kier alpha value is -3.22. The first-order valence-corrected chi connectivity index (χ1v) is 12.9. The Labute approximate surface area is 286 Å². The van der Waals surface area contributed by atoms with Crippen LogP contribution in [0.3, 0.4) is 0 Å². The number of hydrogen-bond donors (Lipinski definition) is 0. The van der Waals surface area contributed by atoms with Crippen LogP contribution < -0.4 is 0 Å². The van der Waals surface area contributed by atoms with Crippen molar-refractivity contribution in [3.05, 3.63) is 163 Å². The molecule has 0 N–H and O–H groups in total. The van der Waals surface area contributed by atoms with Crippen LogP contribution in [0.15, 0.2) is 96.8 Å². The Morgan fingerprint density at radius 2 is 0.591 bits per heavy atom. The van der Waals surface area contributed by atoms with Gasteiger partial charge in [-0.25, -0.2) is 0 Å². The van der Waals surface area contributed by atoms with E-state index in [9.17, 15) is 0 Å². The predicted octanol–water partition coefficient (Wildman–Crippen LogP) is 6.93. The first kappa shape index (κ1) is 63.9. The van der Waals surface area contributed by atoms with E-state index in [0.717, 1.165) is 0 Å². The summed E-state index contributed by atoms with van der Waals surface area (Å²) >= 11 is 0. The normalized spacial score (nSPS) is 6.64. The molecular weight excluding hydrogens is 950 g/mol. The van der Waals surface area contributed by atoms with Crippen molar-refractivity contribution in [3.8, 4) is 21.5 Å². The maximum atomic E-state index is 7.50. The van der Waals surface area contributed by atoms with Gasteiger partial charge in [0.15, 0.2) is 0 Å². The molecule has 1 aromatic heterocycles. The number of hydrogen-bond acceptors (Lipinski definition) is 0. The second-order valence-corrected chi connectivity index (χ2v) is 10.8. The van der Waals surface area contributed by atoms with Crippen LogP contribution in [-0.4, -0.2) is 0 Å². The summed E-state index contributed by atoms with van der Waals surface area (Å²) in [6.07, 6.45) is 0. The molecule has 3 aromatic carbocycles. The molecule has 0 spiro atoms. The first-order chi connectivity index (χ1) is 20.9. The summed E-state index contributed by atoms with van der Waals surface area (Å²) in [7, 11) is -0.439. The minimum atomic E-state index is -0.246. The summed E-state index contributed by atoms with van der Waals surface area (Å²) in [6.45, 7) is 45.0. The Kier molecular flexibility index (Phi) is 91.7. The molecule has 10 nitrogen and oxygen atoms in total. The van der Waals surface area contributed by atoms with Gasteiger partial charge < -0.3 is 0 Å². The average Bonchev–Trinajstić information content (AvgIpc) is 3.14. The van der Waals surface area contributed by atoms with Gasteiger partial charge in [0.1, 0.15) is 0 Å². The van der Waals surface area contributed by atoms with E-state index < -0.39 is 0 Å². The molecule has 0 fully saturated rings. The van der Waals surface area contributed by atoms with Crippen LogP contribution in [0, 0.1) is 66.5 Å². The molecule has 2 atom stereocenters. The zero-order chi connectivity index (χ0) is 34.8. The monoisotopic (exact) mass is 966 g/mol. The number of rotatable bonds is 3. The van der Waals surface area contributed by atoms with Crippen LogP contribution >= 0.6 is 14.4 Å². The zero-order valence-electron chi connectivity index (χ0n) is 22.0. The maximum Gasteiger partial charge on any atom is 0.0141 e. The van der Waals surface area contributed by atoms with Gasteiger partial charge in [0, 0.05) is 58.0 Å². The fourth-order valence-corrected chi connectivity index (χ4v) is 9.78. The van der Waals surface area contributed by atoms with Crippen molar-refractivity contribution < 1.29 is 88.7 Å². The Bertz CT molecular complexity index is 1180. The molecule has 0 aliphatic carbocycles. The summed E-state index contributed by atoms with van der Waals surface area (Å²) < 4.78 is 75.0. The Morgan fingerprint density at radius 1 is 0.341 bits per heavy atom. The molecule has 4 aromatic rings. The van der Waals surface area contributed by atoms with Gasteiger partial charge in [-0.2, -0.15) is 0 Å². The SMILES string of the molecule is [C-]#[O+].[C-]#[O+].[C-]#[O+].[C-]#[O+].[C-]#[O+].[C-]#[O+].[C-]#[O+].[C-]#[O+].[C-]#[O+].[C-]#[O+].[W].[W].c1ccc(-c2cp(-c3ccccc3)p2-c2ccccc2)cc1. The molecule has 0 bridgehead atoms. The van der Waals surface area contributed by atoms with E-state index in [1.807, 2.05) is 0 Å². The summed E-state index contributed by atoms with van der Waals surface area (Å²) in [5.41, 5.74) is 1.38. The van der Waals surface area contributed by atoms with Crippen LogP contribution in [0.4, 0.5) is 0 Å². The third kappa shape index (κ3) is 27.6. The van der Waals surface area contributed by atoms with Crippen molar-refractivity contribution in [3.63, 3.8) is 0 Å². The third-order valence-electron chi connectivity index (χ3n) is 3.78. The van der Waals surface area contributed by atoms with E-state index in [1.165, 1.54) is 21.5 Å². The van der Waals surface area contributed by atoms with Crippen LogP contribution in [0.2, 0.25) is 0 Å². The van der Waals surface area contributed by atoms with Crippen molar-refractivity contribution >= 4 is 14.4 Å². The molecule has 14 heteroatoms.